The standard InChI is InChI=1S/C20H25N3O3/c24-20(18-15-19(26-21-18)22-10-12-25-13-11-22)23-8-6-17(7-9-23)14-16-4-2-1-3-5-16/h1-5,15,17H,6-14H2. The topological polar surface area (TPSA) is 58.8 Å². The van der Waals surface area contributed by atoms with Crippen molar-refractivity contribution in [2.45, 2.75) is 19.3 Å². The summed E-state index contributed by atoms with van der Waals surface area (Å²) < 4.78 is 10.7. The van der Waals surface area contributed by atoms with Crippen LogP contribution in [0.1, 0.15) is 28.9 Å². The number of carbonyl (C=O) groups is 1. The maximum Gasteiger partial charge on any atom is 0.276 e. The molecule has 2 fully saturated rings. The van der Waals surface area contributed by atoms with Gasteiger partial charge in [0.2, 0.25) is 5.88 Å². The summed E-state index contributed by atoms with van der Waals surface area (Å²) in [6.07, 6.45) is 3.16. The van der Waals surface area contributed by atoms with E-state index in [9.17, 15) is 4.79 Å². The molecule has 2 aliphatic heterocycles. The number of hydrogen-bond acceptors (Lipinski definition) is 5. The highest BCUT2D eigenvalue weighted by molar-refractivity contribution is 5.92. The van der Waals surface area contributed by atoms with E-state index in [1.165, 1.54) is 5.56 Å². The van der Waals surface area contributed by atoms with Gasteiger partial charge in [-0.15, -0.1) is 0 Å². The predicted octanol–water partition coefficient (Wildman–Crippen LogP) is 2.61. The van der Waals surface area contributed by atoms with Crippen LogP contribution in [-0.2, 0) is 11.2 Å². The first-order chi connectivity index (χ1) is 12.8. The number of ether oxygens (including phenoxy) is 1. The molecule has 0 radical (unpaired) electrons. The molecule has 138 valence electrons. The summed E-state index contributed by atoms with van der Waals surface area (Å²) in [7, 11) is 0. The molecule has 0 N–H and O–H groups in total. The number of benzene rings is 1. The Labute approximate surface area is 153 Å². The summed E-state index contributed by atoms with van der Waals surface area (Å²) in [5.74, 6) is 1.28. The summed E-state index contributed by atoms with van der Waals surface area (Å²) in [6.45, 7) is 4.48. The van der Waals surface area contributed by atoms with Crippen LogP contribution >= 0.6 is 0 Å². The Hall–Kier alpha value is -2.34. The molecule has 6 heteroatoms. The molecule has 6 nitrogen and oxygen atoms in total. The molecule has 1 amide bonds. The molecule has 2 aliphatic rings. The SMILES string of the molecule is O=C(c1cc(N2CCOCC2)on1)N1CCC(Cc2ccccc2)CC1. The van der Waals surface area contributed by atoms with Crippen molar-refractivity contribution in [2.75, 3.05) is 44.3 Å². The van der Waals surface area contributed by atoms with Gasteiger partial charge in [-0.05, 0) is 30.7 Å². The Morgan fingerprint density at radius 1 is 1.08 bits per heavy atom. The zero-order valence-electron chi connectivity index (χ0n) is 15.0. The van der Waals surface area contributed by atoms with Crippen LogP contribution in [-0.4, -0.2) is 55.4 Å². The van der Waals surface area contributed by atoms with Crippen molar-refractivity contribution < 1.29 is 14.1 Å². The van der Waals surface area contributed by atoms with E-state index < -0.39 is 0 Å². The summed E-state index contributed by atoms with van der Waals surface area (Å²) in [4.78, 5) is 16.7. The van der Waals surface area contributed by atoms with Gasteiger partial charge >= 0.3 is 0 Å². The van der Waals surface area contributed by atoms with Crippen LogP contribution in [0.25, 0.3) is 0 Å². The van der Waals surface area contributed by atoms with Gasteiger partial charge in [-0.3, -0.25) is 4.79 Å². The molecule has 1 aromatic carbocycles. The third-order valence-corrected chi connectivity index (χ3v) is 5.31. The highest BCUT2D eigenvalue weighted by Gasteiger charge is 2.27. The van der Waals surface area contributed by atoms with Crippen LogP contribution in [0, 0.1) is 5.92 Å². The van der Waals surface area contributed by atoms with E-state index in [0.29, 0.717) is 30.7 Å². The smallest absolute Gasteiger partial charge is 0.276 e. The lowest BCUT2D eigenvalue weighted by atomic mass is 9.90. The van der Waals surface area contributed by atoms with Crippen molar-refractivity contribution in [1.82, 2.24) is 10.1 Å². The molecule has 0 saturated carbocycles. The Kier molecular flexibility index (Phi) is 5.20. The molecule has 0 spiro atoms. The lowest BCUT2D eigenvalue weighted by Gasteiger charge is -2.31. The number of carbonyl (C=O) groups excluding carboxylic acids is 1. The fraction of sp³-hybridized carbons (Fsp3) is 0.500. The summed E-state index contributed by atoms with van der Waals surface area (Å²) in [5, 5.41) is 4.00. The molecular weight excluding hydrogens is 330 g/mol. The number of aromatic nitrogens is 1. The molecule has 26 heavy (non-hydrogen) atoms. The third kappa shape index (κ3) is 3.90. The molecule has 3 heterocycles. The number of amides is 1. The Bertz CT molecular complexity index is 717. The summed E-state index contributed by atoms with van der Waals surface area (Å²) in [6, 6.07) is 12.4. The number of likely N-dealkylation sites (tertiary alicyclic amines) is 1. The quantitative estimate of drug-likeness (QED) is 0.844. The molecule has 0 aliphatic carbocycles. The van der Waals surface area contributed by atoms with Gasteiger partial charge in [-0.2, -0.15) is 0 Å². The van der Waals surface area contributed by atoms with Gasteiger partial charge in [0.15, 0.2) is 5.69 Å². The predicted molar refractivity (Wildman–Crippen MR) is 98.3 cm³/mol. The van der Waals surface area contributed by atoms with Crippen LogP contribution < -0.4 is 4.90 Å². The second-order valence-electron chi connectivity index (χ2n) is 7.08. The van der Waals surface area contributed by atoms with E-state index in [-0.39, 0.29) is 5.91 Å². The minimum Gasteiger partial charge on any atom is -0.378 e. The Morgan fingerprint density at radius 3 is 2.54 bits per heavy atom. The number of hydrogen-bond donors (Lipinski definition) is 0. The average molecular weight is 355 g/mol. The molecule has 1 aromatic heterocycles. The summed E-state index contributed by atoms with van der Waals surface area (Å²) in [5.41, 5.74) is 1.79. The first kappa shape index (κ1) is 17.1. The maximum atomic E-state index is 12.7. The van der Waals surface area contributed by atoms with Crippen molar-refractivity contribution in [2.24, 2.45) is 5.92 Å². The van der Waals surface area contributed by atoms with E-state index >= 15 is 0 Å². The normalized spacial score (nSPS) is 18.9. The van der Waals surface area contributed by atoms with Gasteiger partial charge in [0, 0.05) is 32.2 Å². The zero-order chi connectivity index (χ0) is 17.8. The van der Waals surface area contributed by atoms with Crippen LogP contribution in [0.15, 0.2) is 40.9 Å². The van der Waals surface area contributed by atoms with Crippen LogP contribution in [0.2, 0.25) is 0 Å². The van der Waals surface area contributed by atoms with Crippen LogP contribution in [0.5, 0.6) is 0 Å². The third-order valence-electron chi connectivity index (χ3n) is 5.31. The van der Waals surface area contributed by atoms with Gasteiger partial charge in [0.1, 0.15) is 0 Å². The lowest BCUT2D eigenvalue weighted by Crippen LogP contribution is -2.39. The number of rotatable bonds is 4. The van der Waals surface area contributed by atoms with Crippen molar-refractivity contribution in [1.29, 1.82) is 0 Å². The van der Waals surface area contributed by atoms with Crippen molar-refractivity contribution in [3.8, 4) is 0 Å². The van der Waals surface area contributed by atoms with E-state index in [1.54, 1.807) is 6.07 Å². The van der Waals surface area contributed by atoms with Crippen molar-refractivity contribution >= 4 is 11.8 Å². The number of anilines is 1. The first-order valence-corrected chi connectivity index (χ1v) is 9.42. The summed E-state index contributed by atoms with van der Waals surface area (Å²) >= 11 is 0. The molecular formula is C20H25N3O3. The average Bonchev–Trinajstić information content (AvgIpc) is 3.20. The van der Waals surface area contributed by atoms with Gasteiger partial charge in [0.25, 0.3) is 5.91 Å². The minimum absolute atomic E-state index is 0.0218. The van der Waals surface area contributed by atoms with Gasteiger partial charge < -0.3 is 19.1 Å². The molecule has 4 rings (SSSR count). The maximum absolute atomic E-state index is 12.7. The monoisotopic (exact) mass is 355 g/mol. The van der Waals surface area contributed by atoms with Crippen molar-refractivity contribution in [3.63, 3.8) is 0 Å². The van der Waals surface area contributed by atoms with Gasteiger partial charge in [-0.1, -0.05) is 35.5 Å². The Morgan fingerprint density at radius 2 is 1.81 bits per heavy atom. The fourth-order valence-corrected chi connectivity index (χ4v) is 3.75. The van der Waals surface area contributed by atoms with Gasteiger partial charge in [0.05, 0.1) is 13.2 Å². The first-order valence-electron chi connectivity index (χ1n) is 9.42. The van der Waals surface area contributed by atoms with E-state index in [4.69, 9.17) is 9.26 Å². The highest BCUT2D eigenvalue weighted by atomic mass is 16.5. The van der Waals surface area contributed by atoms with Crippen LogP contribution in [0.3, 0.4) is 0 Å². The van der Waals surface area contributed by atoms with Crippen LogP contribution in [0.4, 0.5) is 5.88 Å². The van der Waals surface area contributed by atoms with Crippen molar-refractivity contribution in [3.05, 3.63) is 47.7 Å². The molecule has 2 saturated heterocycles. The lowest BCUT2D eigenvalue weighted by molar-refractivity contribution is 0.0680. The van der Waals surface area contributed by atoms with E-state index in [0.717, 1.165) is 45.4 Å². The molecule has 0 unspecified atom stereocenters. The zero-order valence-corrected chi connectivity index (χ0v) is 15.0. The highest BCUT2D eigenvalue weighted by Crippen LogP contribution is 2.24. The Balaban J connectivity index is 1.31. The van der Waals surface area contributed by atoms with E-state index in [1.807, 2.05) is 11.0 Å². The minimum atomic E-state index is -0.0218. The second-order valence-corrected chi connectivity index (χ2v) is 7.08. The van der Waals surface area contributed by atoms with Gasteiger partial charge in [-0.25, -0.2) is 0 Å². The molecule has 0 atom stereocenters. The molecule has 2 aromatic rings. The second kappa shape index (κ2) is 7.91. The fourth-order valence-electron chi connectivity index (χ4n) is 3.75. The number of piperidine rings is 1. The largest absolute Gasteiger partial charge is 0.378 e. The van der Waals surface area contributed by atoms with E-state index in [2.05, 4.69) is 34.3 Å². The number of nitrogens with zero attached hydrogens (tertiary/aromatic N) is 3. The number of morpholine rings is 1. The molecule has 0 bridgehead atoms.